The van der Waals surface area contributed by atoms with E-state index in [9.17, 15) is 18.3 Å². The van der Waals surface area contributed by atoms with E-state index in [0.717, 1.165) is 5.56 Å². The van der Waals surface area contributed by atoms with Gasteiger partial charge in [0.2, 0.25) is 0 Å². The topological polar surface area (TPSA) is 172 Å². The molecule has 0 bridgehead atoms. The van der Waals surface area contributed by atoms with Gasteiger partial charge in [0.1, 0.15) is 18.0 Å². The predicted octanol–water partition coefficient (Wildman–Crippen LogP) is 2.35. The van der Waals surface area contributed by atoms with Crippen molar-refractivity contribution in [2.24, 2.45) is 22.8 Å². The quantitative estimate of drug-likeness (QED) is 0.266. The lowest BCUT2D eigenvalue weighted by Crippen LogP contribution is -2.65. The lowest BCUT2D eigenvalue weighted by Gasteiger charge is -2.42. The molecule has 6 atom stereocenters. The van der Waals surface area contributed by atoms with Crippen LogP contribution in [-0.4, -0.2) is 75.9 Å². The van der Waals surface area contributed by atoms with E-state index >= 15 is 0 Å². The van der Waals surface area contributed by atoms with Gasteiger partial charge in [-0.2, -0.15) is 0 Å². The maximum Gasteiger partial charge on any atom is 0.407 e. The zero-order valence-electron chi connectivity index (χ0n) is 24.4. The fourth-order valence-electron chi connectivity index (χ4n) is 5.88. The number of ether oxygens (including phenoxy) is 4. The van der Waals surface area contributed by atoms with Crippen molar-refractivity contribution in [3.63, 3.8) is 0 Å². The number of methoxy groups -OCH3 is 1. The Labute approximate surface area is 247 Å². The molecule has 11 nitrogen and oxygen atoms in total. The highest BCUT2D eigenvalue weighted by atomic mass is 32.2. The first-order valence-electron chi connectivity index (χ1n) is 14.2. The van der Waals surface area contributed by atoms with Crippen LogP contribution < -0.4 is 21.5 Å². The average molecular weight is 606 g/mol. The SMILES string of the molecule is COc1ccc(S(=O)(=O)C(N)(CC(C)(C)CCN)[C@H](O)[C@H](Cc2ccccc2)NC(=O)O[C@H]2CO[C@H]3OCC[C@H]32)cc1. The lowest BCUT2D eigenvalue weighted by atomic mass is 9.79. The number of amides is 1. The summed E-state index contributed by atoms with van der Waals surface area (Å²) < 4.78 is 50.6. The van der Waals surface area contributed by atoms with Gasteiger partial charge in [-0.3, -0.25) is 0 Å². The molecule has 0 aliphatic carbocycles. The van der Waals surface area contributed by atoms with Crippen LogP contribution in [0.3, 0.4) is 0 Å². The highest BCUT2D eigenvalue weighted by molar-refractivity contribution is 7.92. The number of carbonyl (C=O) groups is 1. The number of sulfone groups is 1. The molecule has 4 rings (SSSR count). The van der Waals surface area contributed by atoms with Gasteiger partial charge in [0, 0.05) is 0 Å². The maximum absolute atomic E-state index is 14.3. The van der Waals surface area contributed by atoms with Crippen molar-refractivity contribution in [3.05, 3.63) is 60.2 Å². The van der Waals surface area contributed by atoms with Crippen LogP contribution in [0.5, 0.6) is 5.75 Å². The van der Waals surface area contributed by atoms with Crippen molar-refractivity contribution in [2.45, 2.75) is 73.8 Å². The van der Waals surface area contributed by atoms with Gasteiger partial charge < -0.3 is 40.8 Å². The van der Waals surface area contributed by atoms with Crippen LogP contribution in [0.4, 0.5) is 4.79 Å². The van der Waals surface area contributed by atoms with Crippen molar-refractivity contribution in [1.29, 1.82) is 0 Å². The Bertz CT molecular complexity index is 1290. The van der Waals surface area contributed by atoms with Gasteiger partial charge in [0.25, 0.3) is 0 Å². The molecule has 2 aliphatic heterocycles. The molecule has 2 saturated heterocycles. The smallest absolute Gasteiger partial charge is 0.407 e. The summed E-state index contributed by atoms with van der Waals surface area (Å²) in [5.74, 6) is 0.382. The molecule has 1 unspecified atom stereocenters. The van der Waals surface area contributed by atoms with Crippen LogP contribution in [0, 0.1) is 11.3 Å². The van der Waals surface area contributed by atoms with E-state index in [4.69, 9.17) is 30.4 Å². The Morgan fingerprint density at radius 1 is 1.14 bits per heavy atom. The van der Waals surface area contributed by atoms with E-state index in [1.807, 2.05) is 44.2 Å². The number of hydrogen-bond donors (Lipinski definition) is 4. The number of alkyl carbamates (subject to hydrolysis) is 1. The van der Waals surface area contributed by atoms with Crippen LogP contribution >= 0.6 is 0 Å². The second-order valence-corrected chi connectivity index (χ2v) is 14.1. The summed E-state index contributed by atoms with van der Waals surface area (Å²) in [4.78, 5) is 10.9. The number of rotatable bonds is 13. The molecule has 42 heavy (non-hydrogen) atoms. The summed E-state index contributed by atoms with van der Waals surface area (Å²) in [6.45, 7) is 4.71. The second kappa shape index (κ2) is 13.3. The monoisotopic (exact) mass is 605 g/mol. The fraction of sp³-hybridized carbons (Fsp3) is 0.567. The summed E-state index contributed by atoms with van der Waals surface area (Å²) in [6, 6.07) is 13.8. The molecule has 0 spiro atoms. The van der Waals surface area contributed by atoms with Gasteiger partial charge in [-0.1, -0.05) is 44.2 Å². The Hall–Kier alpha value is -2.74. The third kappa shape index (κ3) is 7.07. The molecule has 2 aromatic rings. The molecule has 6 N–H and O–H groups in total. The molecule has 0 radical (unpaired) electrons. The Morgan fingerprint density at radius 2 is 1.83 bits per heavy atom. The van der Waals surface area contributed by atoms with Gasteiger partial charge in [0.05, 0.1) is 37.2 Å². The number of fused-ring (bicyclic) bond motifs is 1. The highest BCUT2D eigenvalue weighted by Crippen LogP contribution is 2.39. The van der Waals surface area contributed by atoms with Gasteiger partial charge in [-0.25, -0.2) is 13.2 Å². The van der Waals surface area contributed by atoms with Crippen LogP contribution in [0.1, 0.15) is 38.7 Å². The molecular weight excluding hydrogens is 562 g/mol. The summed E-state index contributed by atoms with van der Waals surface area (Å²) in [6.07, 6.45) is -2.36. The van der Waals surface area contributed by atoms with Crippen LogP contribution in [0.25, 0.3) is 0 Å². The first-order chi connectivity index (χ1) is 19.9. The summed E-state index contributed by atoms with van der Waals surface area (Å²) in [5, 5.41) is 14.7. The molecular formula is C30H43N3O8S. The molecule has 2 aliphatic rings. The summed E-state index contributed by atoms with van der Waals surface area (Å²) >= 11 is 0. The number of nitrogens with two attached hydrogens (primary N) is 2. The third-order valence-corrected chi connectivity index (χ3v) is 10.5. The fourth-order valence-corrected chi connectivity index (χ4v) is 7.88. The van der Waals surface area contributed by atoms with E-state index in [1.165, 1.54) is 31.4 Å². The van der Waals surface area contributed by atoms with Crippen molar-refractivity contribution in [3.8, 4) is 5.75 Å². The molecule has 2 heterocycles. The average Bonchev–Trinajstić information content (AvgIpc) is 3.57. The van der Waals surface area contributed by atoms with Crippen molar-refractivity contribution < 1.29 is 37.3 Å². The number of nitrogens with one attached hydrogen (secondary N) is 1. The minimum Gasteiger partial charge on any atom is -0.497 e. The van der Waals surface area contributed by atoms with E-state index in [2.05, 4.69) is 5.32 Å². The van der Waals surface area contributed by atoms with Crippen LogP contribution in [0.2, 0.25) is 0 Å². The number of hydrogen-bond acceptors (Lipinski definition) is 10. The number of aliphatic hydroxyl groups is 1. The zero-order chi connectivity index (χ0) is 30.5. The molecule has 1 amide bonds. The first-order valence-corrected chi connectivity index (χ1v) is 15.7. The predicted molar refractivity (Wildman–Crippen MR) is 156 cm³/mol. The van der Waals surface area contributed by atoms with Gasteiger partial charge >= 0.3 is 6.09 Å². The minimum absolute atomic E-state index is 0.0789. The molecule has 0 aromatic heterocycles. The summed E-state index contributed by atoms with van der Waals surface area (Å²) in [7, 11) is -2.90. The maximum atomic E-state index is 14.3. The molecule has 2 aromatic carbocycles. The number of benzene rings is 2. The normalized spacial score (nSPS) is 23.4. The number of carbonyl (C=O) groups excluding carboxylic acids is 1. The standard InChI is InChI=1S/C30H43N3O8S/c1-29(2,14-15-31)19-30(32,42(36,37)22-11-9-21(38-3)10-12-22)26(34)24(17-20-7-5-4-6-8-20)33-28(35)41-25-18-40-27-23(25)13-16-39-27/h4-12,23-27,34H,13-19,31-32H2,1-3H3,(H,33,35)/t23-,24-,25-,26+,27+,30?/m0/s1. The van der Waals surface area contributed by atoms with Gasteiger partial charge in [0.15, 0.2) is 21.0 Å². The zero-order valence-corrected chi connectivity index (χ0v) is 25.2. The number of aliphatic hydroxyl groups excluding tert-OH is 1. The van der Waals surface area contributed by atoms with Crippen molar-refractivity contribution >= 4 is 15.9 Å². The van der Waals surface area contributed by atoms with Crippen molar-refractivity contribution in [2.75, 3.05) is 26.9 Å². The van der Waals surface area contributed by atoms with E-state index in [0.29, 0.717) is 31.7 Å². The third-order valence-electron chi connectivity index (χ3n) is 8.17. The molecule has 0 saturated carbocycles. The van der Waals surface area contributed by atoms with Gasteiger partial charge in [-0.05, 0) is 67.5 Å². The van der Waals surface area contributed by atoms with Crippen LogP contribution in [-0.2, 0) is 30.5 Å². The molecule has 2 fully saturated rings. The van der Waals surface area contributed by atoms with E-state index < -0.39 is 50.8 Å². The second-order valence-electron chi connectivity index (χ2n) is 11.9. The van der Waals surface area contributed by atoms with E-state index in [1.54, 1.807) is 0 Å². The highest BCUT2D eigenvalue weighted by Gasteiger charge is 2.53. The molecule has 12 heteroatoms. The lowest BCUT2D eigenvalue weighted by molar-refractivity contribution is -0.0907. The Kier molecular flexibility index (Phi) is 10.2. The van der Waals surface area contributed by atoms with Crippen molar-refractivity contribution in [1.82, 2.24) is 5.32 Å². The first kappa shape index (κ1) is 32.2. The minimum atomic E-state index is -4.38. The largest absolute Gasteiger partial charge is 0.497 e. The van der Waals surface area contributed by atoms with E-state index in [-0.39, 0.29) is 30.3 Å². The van der Waals surface area contributed by atoms with Gasteiger partial charge in [-0.15, -0.1) is 0 Å². The Morgan fingerprint density at radius 3 is 2.48 bits per heavy atom. The Balaban J connectivity index is 1.68. The molecule has 232 valence electrons. The summed E-state index contributed by atoms with van der Waals surface area (Å²) in [5.41, 5.74) is 12.8. The van der Waals surface area contributed by atoms with Crippen LogP contribution in [0.15, 0.2) is 59.5 Å².